The fraction of sp³-hybridized carbons (Fsp3) is 0.0769. The molecule has 1 aromatic carbocycles. The van der Waals surface area contributed by atoms with Gasteiger partial charge >= 0.3 is 0 Å². The largest absolute Gasteiger partial charge is 0.493 e. The molecule has 0 aliphatic heterocycles. The average molecular weight is 263 g/mol. The second kappa shape index (κ2) is 5.51. The third-order valence-corrected chi connectivity index (χ3v) is 2.54. The minimum atomic E-state index is -0.283. The molecule has 0 spiro atoms. The van der Waals surface area contributed by atoms with Gasteiger partial charge in [0, 0.05) is 16.8 Å². The van der Waals surface area contributed by atoms with Gasteiger partial charge in [0.15, 0.2) is 11.6 Å². The van der Waals surface area contributed by atoms with Gasteiger partial charge in [-0.05, 0) is 30.3 Å². The number of aromatic nitrogens is 1. The molecule has 0 unspecified atom stereocenters. The van der Waals surface area contributed by atoms with Crippen molar-refractivity contribution in [2.24, 2.45) is 0 Å². The first-order valence-corrected chi connectivity index (χ1v) is 5.64. The molecule has 2 aromatic rings. The van der Waals surface area contributed by atoms with Crippen molar-refractivity contribution < 1.29 is 9.53 Å². The third kappa shape index (κ3) is 2.78. The molecule has 0 bridgehead atoms. The van der Waals surface area contributed by atoms with Gasteiger partial charge in [-0.2, -0.15) is 0 Å². The number of hydrogen-bond acceptors (Lipinski definition) is 3. The van der Waals surface area contributed by atoms with E-state index in [0.717, 1.165) is 0 Å². The molecule has 5 heteroatoms. The highest BCUT2D eigenvalue weighted by atomic mass is 35.5. The van der Waals surface area contributed by atoms with E-state index in [-0.39, 0.29) is 5.91 Å². The maximum Gasteiger partial charge on any atom is 0.256 e. The number of halogens is 1. The first-order valence-electron chi connectivity index (χ1n) is 5.26. The lowest BCUT2D eigenvalue weighted by Crippen LogP contribution is -2.13. The smallest absolute Gasteiger partial charge is 0.256 e. The van der Waals surface area contributed by atoms with E-state index in [1.165, 1.54) is 7.11 Å². The summed E-state index contributed by atoms with van der Waals surface area (Å²) in [6.45, 7) is 0. The van der Waals surface area contributed by atoms with E-state index in [0.29, 0.717) is 22.2 Å². The highest BCUT2D eigenvalue weighted by molar-refractivity contribution is 6.31. The number of amides is 1. The van der Waals surface area contributed by atoms with Crippen LogP contribution in [0.15, 0.2) is 42.6 Å². The Bertz CT molecular complexity index is 572. The summed E-state index contributed by atoms with van der Waals surface area (Å²) in [6, 6.07) is 10.1. The molecule has 2 rings (SSSR count). The summed E-state index contributed by atoms with van der Waals surface area (Å²) < 4.78 is 5.10. The molecular weight excluding hydrogens is 252 g/mol. The van der Waals surface area contributed by atoms with Gasteiger partial charge in [-0.3, -0.25) is 4.79 Å². The molecule has 1 aromatic heterocycles. The number of nitrogens with zero attached hydrogens (tertiary/aromatic N) is 1. The molecule has 0 aliphatic carbocycles. The fourth-order valence-electron chi connectivity index (χ4n) is 1.46. The second-order valence-electron chi connectivity index (χ2n) is 3.52. The molecule has 92 valence electrons. The number of benzene rings is 1. The Morgan fingerprint density at radius 1 is 1.33 bits per heavy atom. The van der Waals surface area contributed by atoms with Crippen molar-refractivity contribution in [3.05, 3.63) is 53.2 Å². The lowest BCUT2D eigenvalue weighted by molar-refractivity contribution is 0.102. The van der Waals surface area contributed by atoms with E-state index in [1.807, 2.05) is 0 Å². The summed E-state index contributed by atoms with van der Waals surface area (Å²) in [6.07, 6.45) is 1.58. The van der Waals surface area contributed by atoms with Crippen LogP contribution >= 0.6 is 11.6 Å². The number of methoxy groups -OCH3 is 1. The number of nitrogens with one attached hydrogen (secondary N) is 1. The van der Waals surface area contributed by atoms with Gasteiger partial charge in [0.05, 0.1) is 7.11 Å². The summed E-state index contributed by atoms with van der Waals surface area (Å²) in [5.41, 5.74) is 0.468. The molecular formula is C13H11ClN2O2. The zero-order valence-corrected chi connectivity index (χ0v) is 10.4. The Morgan fingerprint density at radius 3 is 2.89 bits per heavy atom. The quantitative estimate of drug-likeness (QED) is 0.925. The highest BCUT2D eigenvalue weighted by Crippen LogP contribution is 2.21. The Morgan fingerprint density at radius 2 is 2.17 bits per heavy atom. The predicted octanol–water partition coefficient (Wildman–Crippen LogP) is 3.00. The van der Waals surface area contributed by atoms with Crippen LogP contribution in [0.5, 0.6) is 5.75 Å². The van der Waals surface area contributed by atoms with Crippen molar-refractivity contribution in [2.75, 3.05) is 12.4 Å². The van der Waals surface area contributed by atoms with E-state index in [9.17, 15) is 4.79 Å². The molecule has 0 atom stereocenters. The molecule has 1 amide bonds. The molecule has 4 nitrogen and oxygen atoms in total. The van der Waals surface area contributed by atoms with Crippen LogP contribution in [0.25, 0.3) is 0 Å². The second-order valence-corrected chi connectivity index (χ2v) is 3.96. The SMILES string of the molecule is COc1cccnc1NC(=O)c1cccc(Cl)c1. The van der Waals surface area contributed by atoms with E-state index in [1.54, 1.807) is 42.6 Å². The van der Waals surface area contributed by atoms with Crippen molar-refractivity contribution in [3.8, 4) is 5.75 Å². The summed E-state index contributed by atoms with van der Waals surface area (Å²) >= 11 is 5.83. The molecule has 0 fully saturated rings. The van der Waals surface area contributed by atoms with Crippen molar-refractivity contribution in [2.45, 2.75) is 0 Å². The first kappa shape index (κ1) is 12.4. The molecule has 18 heavy (non-hydrogen) atoms. The molecule has 0 radical (unpaired) electrons. The van der Waals surface area contributed by atoms with Gasteiger partial charge in [0.25, 0.3) is 5.91 Å². The number of ether oxygens (including phenoxy) is 1. The van der Waals surface area contributed by atoms with Crippen molar-refractivity contribution in [3.63, 3.8) is 0 Å². The van der Waals surface area contributed by atoms with Crippen LogP contribution in [0.3, 0.4) is 0 Å². The fourth-order valence-corrected chi connectivity index (χ4v) is 1.65. The number of rotatable bonds is 3. The monoisotopic (exact) mass is 262 g/mol. The Kier molecular flexibility index (Phi) is 3.79. The summed E-state index contributed by atoms with van der Waals surface area (Å²) in [7, 11) is 1.52. The van der Waals surface area contributed by atoms with Gasteiger partial charge < -0.3 is 10.1 Å². The highest BCUT2D eigenvalue weighted by Gasteiger charge is 2.10. The van der Waals surface area contributed by atoms with Crippen LogP contribution < -0.4 is 10.1 Å². The Balaban J connectivity index is 2.21. The van der Waals surface area contributed by atoms with Gasteiger partial charge in [0.2, 0.25) is 0 Å². The molecule has 0 saturated heterocycles. The maximum absolute atomic E-state index is 12.0. The van der Waals surface area contributed by atoms with Gasteiger partial charge in [-0.15, -0.1) is 0 Å². The Hall–Kier alpha value is -2.07. The maximum atomic E-state index is 12.0. The lowest BCUT2D eigenvalue weighted by atomic mass is 10.2. The predicted molar refractivity (Wildman–Crippen MR) is 70.2 cm³/mol. The van der Waals surface area contributed by atoms with Crippen molar-refractivity contribution in [1.29, 1.82) is 0 Å². The normalized spacial score (nSPS) is 9.89. The van der Waals surface area contributed by atoms with E-state index < -0.39 is 0 Å². The number of carbonyl (C=O) groups is 1. The number of pyridine rings is 1. The topological polar surface area (TPSA) is 51.2 Å². The zero-order valence-electron chi connectivity index (χ0n) is 9.68. The molecule has 1 heterocycles. The minimum Gasteiger partial charge on any atom is -0.493 e. The summed E-state index contributed by atoms with van der Waals surface area (Å²) in [5, 5.41) is 3.18. The van der Waals surface area contributed by atoms with Crippen LogP contribution in [0.2, 0.25) is 5.02 Å². The van der Waals surface area contributed by atoms with Gasteiger partial charge in [0.1, 0.15) is 0 Å². The van der Waals surface area contributed by atoms with Gasteiger partial charge in [-0.25, -0.2) is 4.98 Å². The zero-order chi connectivity index (χ0) is 13.0. The van der Waals surface area contributed by atoms with Crippen LogP contribution in [-0.2, 0) is 0 Å². The van der Waals surface area contributed by atoms with Crippen molar-refractivity contribution in [1.82, 2.24) is 4.98 Å². The van der Waals surface area contributed by atoms with Crippen LogP contribution in [0.4, 0.5) is 5.82 Å². The summed E-state index contributed by atoms with van der Waals surface area (Å²) in [4.78, 5) is 16.0. The van der Waals surface area contributed by atoms with Crippen LogP contribution in [-0.4, -0.2) is 18.0 Å². The van der Waals surface area contributed by atoms with E-state index >= 15 is 0 Å². The van der Waals surface area contributed by atoms with E-state index in [2.05, 4.69) is 10.3 Å². The molecule has 0 aliphatic rings. The number of carbonyl (C=O) groups excluding carboxylic acids is 1. The Labute approximate surface area is 110 Å². The van der Waals surface area contributed by atoms with Gasteiger partial charge in [-0.1, -0.05) is 17.7 Å². The average Bonchev–Trinajstić information content (AvgIpc) is 2.39. The standard InChI is InChI=1S/C13H11ClN2O2/c1-18-11-6-3-7-15-12(11)16-13(17)9-4-2-5-10(14)8-9/h2-8H,1H3,(H,15,16,17). The number of anilines is 1. The minimum absolute atomic E-state index is 0.283. The van der Waals surface area contributed by atoms with E-state index in [4.69, 9.17) is 16.3 Å². The van der Waals surface area contributed by atoms with Crippen molar-refractivity contribution >= 4 is 23.3 Å². The van der Waals surface area contributed by atoms with Crippen LogP contribution in [0, 0.1) is 0 Å². The summed E-state index contributed by atoms with van der Waals surface area (Å²) in [5.74, 6) is 0.604. The molecule has 0 saturated carbocycles. The first-order chi connectivity index (χ1) is 8.70. The van der Waals surface area contributed by atoms with Crippen LogP contribution in [0.1, 0.15) is 10.4 Å². The third-order valence-electron chi connectivity index (χ3n) is 2.31. The number of hydrogen-bond donors (Lipinski definition) is 1. The lowest BCUT2D eigenvalue weighted by Gasteiger charge is -2.08. The molecule has 1 N–H and O–H groups in total.